The van der Waals surface area contributed by atoms with E-state index in [-0.39, 0.29) is 5.56 Å². The number of pyridine rings is 1. The predicted molar refractivity (Wildman–Crippen MR) is 72.4 cm³/mol. The summed E-state index contributed by atoms with van der Waals surface area (Å²) in [5, 5.41) is 1.85. The molecule has 0 fully saturated rings. The zero-order valence-corrected chi connectivity index (χ0v) is 10.4. The van der Waals surface area contributed by atoms with E-state index >= 15 is 0 Å². The molecule has 0 aliphatic carbocycles. The molecule has 0 saturated carbocycles. The monoisotopic (exact) mass is 229 g/mol. The molecule has 0 spiro atoms. The number of hydrogen-bond donors (Lipinski definition) is 0. The van der Waals surface area contributed by atoms with Gasteiger partial charge in [0.1, 0.15) is 0 Å². The second-order valence-electron chi connectivity index (χ2n) is 4.46. The molecule has 0 atom stereocenters. The minimum absolute atomic E-state index is 0.139. The van der Waals surface area contributed by atoms with Gasteiger partial charge in [0.15, 0.2) is 0 Å². The first-order chi connectivity index (χ1) is 8.33. The standard InChI is InChI=1S/C15H19NO/c1-2-3-4-7-11-16-12-10-13-8-5-6-9-14(13)15(16)17/h5-6,8-10,12H,2-4,7,11H2,1H3. The fourth-order valence-corrected chi connectivity index (χ4v) is 2.11. The number of aryl methyl sites for hydroxylation is 1. The zero-order chi connectivity index (χ0) is 12.1. The molecule has 0 saturated heterocycles. The van der Waals surface area contributed by atoms with Gasteiger partial charge in [-0.15, -0.1) is 0 Å². The topological polar surface area (TPSA) is 22.0 Å². The molecule has 1 heterocycles. The molecular weight excluding hydrogens is 210 g/mol. The Morgan fingerprint density at radius 1 is 1.06 bits per heavy atom. The van der Waals surface area contributed by atoms with Crippen LogP contribution < -0.4 is 5.56 Å². The highest BCUT2D eigenvalue weighted by Gasteiger charge is 2.01. The van der Waals surface area contributed by atoms with Crippen molar-refractivity contribution in [2.75, 3.05) is 0 Å². The molecule has 2 rings (SSSR count). The summed E-state index contributed by atoms with van der Waals surface area (Å²) in [5.74, 6) is 0. The zero-order valence-electron chi connectivity index (χ0n) is 10.4. The molecule has 1 aromatic carbocycles. The molecule has 0 N–H and O–H groups in total. The van der Waals surface area contributed by atoms with Crippen LogP contribution in [0.3, 0.4) is 0 Å². The average molecular weight is 229 g/mol. The van der Waals surface area contributed by atoms with Gasteiger partial charge in [-0.2, -0.15) is 0 Å². The second-order valence-corrected chi connectivity index (χ2v) is 4.46. The van der Waals surface area contributed by atoms with Crippen molar-refractivity contribution in [3.63, 3.8) is 0 Å². The van der Waals surface area contributed by atoms with Crippen LogP contribution in [0.2, 0.25) is 0 Å². The number of unbranched alkanes of at least 4 members (excludes halogenated alkanes) is 3. The summed E-state index contributed by atoms with van der Waals surface area (Å²) in [5.41, 5.74) is 0.139. The van der Waals surface area contributed by atoms with Crippen LogP contribution in [0, 0.1) is 0 Å². The lowest BCUT2D eigenvalue weighted by molar-refractivity contribution is 0.573. The van der Waals surface area contributed by atoms with E-state index in [1.165, 1.54) is 19.3 Å². The number of hydrogen-bond acceptors (Lipinski definition) is 1. The third-order valence-electron chi connectivity index (χ3n) is 3.14. The third-order valence-corrected chi connectivity index (χ3v) is 3.14. The Morgan fingerprint density at radius 2 is 1.88 bits per heavy atom. The summed E-state index contributed by atoms with van der Waals surface area (Å²) in [6, 6.07) is 9.80. The predicted octanol–water partition coefficient (Wildman–Crippen LogP) is 3.58. The van der Waals surface area contributed by atoms with E-state index in [2.05, 4.69) is 6.92 Å². The number of benzene rings is 1. The van der Waals surface area contributed by atoms with Crippen molar-refractivity contribution in [2.24, 2.45) is 0 Å². The first-order valence-electron chi connectivity index (χ1n) is 6.41. The van der Waals surface area contributed by atoms with Gasteiger partial charge in [-0.3, -0.25) is 4.79 Å². The summed E-state index contributed by atoms with van der Waals surface area (Å²) >= 11 is 0. The largest absolute Gasteiger partial charge is 0.315 e. The van der Waals surface area contributed by atoms with E-state index in [1.807, 2.05) is 41.1 Å². The Balaban J connectivity index is 2.18. The van der Waals surface area contributed by atoms with E-state index < -0.39 is 0 Å². The Labute approximate surface area is 102 Å². The summed E-state index contributed by atoms with van der Waals surface area (Å²) < 4.78 is 1.83. The van der Waals surface area contributed by atoms with Crippen LogP contribution >= 0.6 is 0 Å². The lowest BCUT2D eigenvalue weighted by atomic mass is 10.1. The smallest absolute Gasteiger partial charge is 0.258 e. The quantitative estimate of drug-likeness (QED) is 0.718. The molecule has 2 aromatic rings. The van der Waals surface area contributed by atoms with Gasteiger partial charge in [-0.1, -0.05) is 44.4 Å². The second kappa shape index (κ2) is 5.67. The Morgan fingerprint density at radius 3 is 2.71 bits per heavy atom. The Kier molecular flexibility index (Phi) is 3.97. The number of aromatic nitrogens is 1. The molecule has 0 amide bonds. The lowest BCUT2D eigenvalue weighted by Crippen LogP contribution is -2.19. The lowest BCUT2D eigenvalue weighted by Gasteiger charge is -2.06. The van der Waals surface area contributed by atoms with Crippen LogP contribution in [-0.2, 0) is 6.54 Å². The van der Waals surface area contributed by atoms with E-state index in [0.717, 1.165) is 23.7 Å². The first kappa shape index (κ1) is 11.9. The summed E-state index contributed by atoms with van der Waals surface area (Å²) in [7, 11) is 0. The highest BCUT2D eigenvalue weighted by molar-refractivity contribution is 5.81. The summed E-state index contributed by atoms with van der Waals surface area (Å²) in [6.45, 7) is 3.03. The van der Waals surface area contributed by atoms with Crippen LogP contribution in [0.5, 0.6) is 0 Å². The molecule has 17 heavy (non-hydrogen) atoms. The molecule has 0 aliphatic heterocycles. The van der Waals surface area contributed by atoms with Crippen molar-refractivity contribution in [2.45, 2.75) is 39.2 Å². The molecule has 0 radical (unpaired) electrons. The summed E-state index contributed by atoms with van der Waals surface area (Å²) in [4.78, 5) is 12.2. The highest BCUT2D eigenvalue weighted by Crippen LogP contribution is 2.08. The van der Waals surface area contributed by atoms with E-state index in [4.69, 9.17) is 0 Å². The molecule has 0 bridgehead atoms. The number of nitrogens with zero attached hydrogens (tertiary/aromatic N) is 1. The maximum absolute atomic E-state index is 12.2. The molecule has 0 aliphatic rings. The fourth-order valence-electron chi connectivity index (χ4n) is 2.11. The molecule has 0 unspecified atom stereocenters. The van der Waals surface area contributed by atoms with Gasteiger partial charge in [0.05, 0.1) is 0 Å². The van der Waals surface area contributed by atoms with Crippen molar-refractivity contribution >= 4 is 10.8 Å². The average Bonchev–Trinajstić information content (AvgIpc) is 2.37. The van der Waals surface area contributed by atoms with Gasteiger partial charge in [0.2, 0.25) is 0 Å². The van der Waals surface area contributed by atoms with Gasteiger partial charge in [0.25, 0.3) is 5.56 Å². The number of fused-ring (bicyclic) bond motifs is 1. The van der Waals surface area contributed by atoms with Gasteiger partial charge < -0.3 is 4.57 Å². The van der Waals surface area contributed by atoms with E-state index in [0.29, 0.717) is 0 Å². The molecule has 2 heteroatoms. The molecule has 1 aromatic heterocycles. The van der Waals surface area contributed by atoms with Crippen molar-refractivity contribution in [1.82, 2.24) is 4.57 Å². The van der Waals surface area contributed by atoms with Crippen LogP contribution in [0.1, 0.15) is 32.6 Å². The molecule has 2 nitrogen and oxygen atoms in total. The van der Waals surface area contributed by atoms with Crippen molar-refractivity contribution in [3.05, 3.63) is 46.9 Å². The summed E-state index contributed by atoms with van der Waals surface area (Å²) in [6.07, 6.45) is 6.69. The van der Waals surface area contributed by atoms with Gasteiger partial charge >= 0.3 is 0 Å². The van der Waals surface area contributed by atoms with Gasteiger partial charge in [-0.05, 0) is 23.9 Å². The maximum atomic E-state index is 12.2. The SMILES string of the molecule is CCCCCCn1ccc2ccccc2c1=O. The molecular formula is C15H19NO. The van der Waals surface area contributed by atoms with Crippen molar-refractivity contribution in [3.8, 4) is 0 Å². The molecule has 90 valence electrons. The van der Waals surface area contributed by atoms with E-state index in [1.54, 1.807) is 0 Å². The van der Waals surface area contributed by atoms with Crippen LogP contribution in [0.25, 0.3) is 10.8 Å². The minimum atomic E-state index is 0.139. The number of rotatable bonds is 5. The third kappa shape index (κ3) is 2.76. The van der Waals surface area contributed by atoms with Crippen LogP contribution in [0.15, 0.2) is 41.3 Å². The highest BCUT2D eigenvalue weighted by atomic mass is 16.1. The van der Waals surface area contributed by atoms with Gasteiger partial charge in [0, 0.05) is 18.1 Å². The first-order valence-corrected chi connectivity index (χ1v) is 6.41. The normalized spacial score (nSPS) is 10.9. The maximum Gasteiger partial charge on any atom is 0.258 e. The van der Waals surface area contributed by atoms with Crippen molar-refractivity contribution < 1.29 is 0 Å². The van der Waals surface area contributed by atoms with Crippen LogP contribution in [-0.4, -0.2) is 4.57 Å². The van der Waals surface area contributed by atoms with Crippen molar-refractivity contribution in [1.29, 1.82) is 0 Å². The fraction of sp³-hybridized carbons (Fsp3) is 0.400. The van der Waals surface area contributed by atoms with Crippen LogP contribution in [0.4, 0.5) is 0 Å². The van der Waals surface area contributed by atoms with E-state index in [9.17, 15) is 4.79 Å². The minimum Gasteiger partial charge on any atom is -0.315 e. The van der Waals surface area contributed by atoms with Gasteiger partial charge in [-0.25, -0.2) is 0 Å². The Bertz CT molecular complexity index is 542. The Hall–Kier alpha value is -1.57.